The van der Waals surface area contributed by atoms with Crippen LogP contribution in [-0.2, 0) is 52.2 Å². The molecular weight excluding hydrogens is 981 g/mol. The normalized spacial score (nSPS) is 58.6. The fourth-order valence-corrected chi connectivity index (χ4v) is 15.2. The summed E-state index contributed by atoms with van der Waals surface area (Å²) in [5.41, 5.74) is -0.971. The Morgan fingerprint density at radius 3 is 1.80 bits per heavy atom. The van der Waals surface area contributed by atoms with Crippen molar-refractivity contribution in [3.63, 3.8) is 0 Å². The molecule has 0 unspecified atom stereocenters. The van der Waals surface area contributed by atoms with E-state index in [9.17, 15) is 66.1 Å². The van der Waals surface area contributed by atoms with Crippen LogP contribution in [0.2, 0.25) is 0 Å². The molecule has 9 fully saturated rings. The molecule has 10 aliphatic rings. The van der Waals surface area contributed by atoms with Crippen molar-refractivity contribution in [3.05, 3.63) is 11.6 Å². The molecule has 23 nitrogen and oxygen atoms in total. The number of ketones is 1. The number of aliphatic hydroxyl groups excluding tert-OH is 12. The number of carbonyl (C=O) groups excluding carboxylic acids is 1. The van der Waals surface area contributed by atoms with Crippen molar-refractivity contribution in [3.8, 4) is 0 Å². The fourth-order valence-electron chi connectivity index (χ4n) is 15.2. The van der Waals surface area contributed by atoms with Crippen LogP contribution in [0.3, 0.4) is 0 Å². The molecular formula is C51H80O23. The van der Waals surface area contributed by atoms with Gasteiger partial charge >= 0.3 is 0 Å². The van der Waals surface area contributed by atoms with E-state index in [1.54, 1.807) is 0 Å². The van der Waals surface area contributed by atoms with Crippen LogP contribution in [0, 0.1) is 46.3 Å². The van der Waals surface area contributed by atoms with Crippen LogP contribution in [-0.4, -0.2) is 233 Å². The summed E-state index contributed by atoms with van der Waals surface area (Å²) < 4.78 is 61.5. The number of fused-ring (bicyclic) bond motifs is 7. The van der Waals surface area contributed by atoms with Gasteiger partial charge in [-0.3, -0.25) is 4.79 Å². The molecule has 33 atom stereocenters. The third-order valence-electron chi connectivity index (χ3n) is 19.6. The lowest BCUT2D eigenvalue weighted by Gasteiger charge is -2.60. The van der Waals surface area contributed by atoms with Crippen LogP contribution in [0.5, 0.6) is 0 Å². The van der Waals surface area contributed by atoms with Gasteiger partial charge in [0.15, 0.2) is 36.7 Å². The van der Waals surface area contributed by atoms with E-state index in [4.69, 9.17) is 47.4 Å². The summed E-state index contributed by atoms with van der Waals surface area (Å²) in [4.78, 5) is 14.9. The summed E-state index contributed by atoms with van der Waals surface area (Å²) in [6.07, 6.45) is -29.7. The van der Waals surface area contributed by atoms with Crippen molar-refractivity contribution >= 4 is 5.78 Å². The number of aliphatic hydroxyl groups is 12. The Morgan fingerprint density at radius 2 is 1.20 bits per heavy atom. The second kappa shape index (κ2) is 20.6. The van der Waals surface area contributed by atoms with Crippen molar-refractivity contribution in [2.24, 2.45) is 46.3 Å². The standard InChI is InChI=1S/C51H80O23/c1-17-8-11-51(65-16-17)18(2)29-26(74-51)14-24-28-25(53)13-22-12-23(9-10-49(22,6)30(28)33(56)44(64)50(24,29)7)69-48-43(73-46-38(61)35(58)32(55)20(4)67-46)40(63)42(27(15-52)70-48)72-47-39(62)36(59)41(21(5)68-47)71-45-37(60)34(57)31(54)19(3)66-45/h13,17-21,23-43,45-48,52-63H,8-12,14-16H2,1-7H3/t17-,18+,19+,20+,21+,23+,24+,25-,26+,27-,28-,29+,30-,31+,32+,33+,34-,35-,36+,37-,38-,39-,40+,41+,42-,43-,45+,46+,47+,48-,49+,50+,51-/m1/s1. The molecule has 0 bridgehead atoms. The molecule has 0 aromatic heterocycles. The van der Waals surface area contributed by atoms with Gasteiger partial charge in [-0.05, 0) is 76.0 Å². The van der Waals surface area contributed by atoms with E-state index in [1.807, 2.05) is 19.9 Å². The predicted molar refractivity (Wildman–Crippen MR) is 247 cm³/mol. The minimum absolute atomic E-state index is 0.111. The number of rotatable bonds is 9. The SMILES string of the molecule is C[C@@H]1CC[C@@]2(OC1)O[C@H]1C[C@H]3[C@H]4[C@H]([C@H](O)C(=O)[C@]3(C)[C@H]1[C@@H]2C)[C@@]1(C)CC[C@H](O[C@@H]2O[C@H](CO)[C@@H](O[C@@H]3O[C@@H](C)[C@H](O[C@@H]5O[C@@H](C)[C@H](O)[C@@H](O)[C@H]5O)[C@@H](O)[C@H]3O)[C@H](O)[C@H]2O[C@@H]2O[C@@H](C)[C@H](O)[C@@H](O)[C@H]2O)CC1=C[C@H]4O. The highest BCUT2D eigenvalue weighted by molar-refractivity contribution is 5.91. The summed E-state index contributed by atoms with van der Waals surface area (Å²) in [6, 6.07) is 0. The average Bonchev–Trinajstić information content (AvgIpc) is 3.81. The molecule has 4 aliphatic carbocycles. The van der Waals surface area contributed by atoms with Crippen molar-refractivity contribution in [1.29, 1.82) is 0 Å². The first kappa shape index (κ1) is 55.8. The number of Topliss-reactive ketones (excluding diaryl/α,β-unsaturated/α-hetero) is 1. The van der Waals surface area contributed by atoms with E-state index in [2.05, 4.69) is 13.8 Å². The number of ether oxygens (including phenoxy) is 10. The van der Waals surface area contributed by atoms with E-state index >= 15 is 0 Å². The molecule has 10 rings (SSSR count). The van der Waals surface area contributed by atoms with E-state index in [-0.39, 0.29) is 36.1 Å². The van der Waals surface area contributed by atoms with Gasteiger partial charge in [0.1, 0.15) is 85.5 Å². The largest absolute Gasteiger partial charge is 0.394 e. The van der Waals surface area contributed by atoms with Gasteiger partial charge < -0.3 is 109 Å². The van der Waals surface area contributed by atoms with Crippen molar-refractivity contribution in [2.45, 2.75) is 240 Å². The van der Waals surface area contributed by atoms with Gasteiger partial charge in [-0.1, -0.05) is 39.3 Å². The highest BCUT2D eigenvalue weighted by Gasteiger charge is 2.74. The van der Waals surface area contributed by atoms with E-state index in [1.165, 1.54) is 20.8 Å². The van der Waals surface area contributed by atoms with E-state index in [0.29, 0.717) is 31.8 Å². The molecule has 6 heterocycles. The zero-order valence-electron chi connectivity index (χ0n) is 42.9. The smallest absolute Gasteiger partial charge is 0.187 e. The molecule has 422 valence electrons. The first-order valence-corrected chi connectivity index (χ1v) is 26.8. The monoisotopic (exact) mass is 1060 g/mol. The fraction of sp³-hybridized carbons (Fsp3) is 0.941. The van der Waals surface area contributed by atoms with Crippen molar-refractivity contribution in [1.82, 2.24) is 0 Å². The van der Waals surface area contributed by atoms with E-state index < -0.39 is 176 Å². The second-order valence-electron chi connectivity index (χ2n) is 23.9. The summed E-state index contributed by atoms with van der Waals surface area (Å²) in [7, 11) is 0. The first-order valence-electron chi connectivity index (χ1n) is 26.8. The van der Waals surface area contributed by atoms with E-state index in [0.717, 1.165) is 18.4 Å². The molecule has 0 aromatic carbocycles. The Bertz CT molecular complexity index is 2040. The van der Waals surface area contributed by atoms with Gasteiger partial charge in [-0.25, -0.2) is 0 Å². The Morgan fingerprint density at radius 1 is 0.622 bits per heavy atom. The minimum Gasteiger partial charge on any atom is -0.394 e. The van der Waals surface area contributed by atoms with Gasteiger partial charge in [-0.2, -0.15) is 0 Å². The topological polar surface area (TPSA) is 352 Å². The first-order chi connectivity index (χ1) is 34.9. The Labute approximate surface area is 429 Å². The van der Waals surface area contributed by atoms with Gasteiger partial charge in [0, 0.05) is 29.6 Å². The maximum absolute atomic E-state index is 14.9. The molecule has 12 N–H and O–H groups in total. The summed E-state index contributed by atoms with van der Waals surface area (Å²) in [5, 5.41) is 133. The summed E-state index contributed by atoms with van der Waals surface area (Å²) in [6.45, 7) is 12.3. The average molecular weight is 1060 g/mol. The number of hydrogen-bond donors (Lipinski definition) is 12. The van der Waals surface area contributed by atoms with Gasteiger partial charge in [0.2, 0.25) is 0 Å². The quantitative estimate of drug-likeness (QED) is 0.104. The molecule has 6 saturated heterocycles. The molecule has 6 aliphatic heterocycles. The lowest BCUT2D eigenvalue weighted by molar-refractivity contribution is -0.394. The zero-order chi connectivity index (χ0) is 53.4. The Balaban J connectivity index is 0.866. The van der Waals surface area contributed by atoms with Crippen LogP contribution >= 0.6 is 0 Å². The lowest BCUT2D eigenvalue weighted by Crippen LogP contribution is -2.67. The molecule has 23 heteroatoms. The number of carbonyl (C=O) groups is 1. The molecule has 1 spiro atoms. The molecule has 0 amide bonds. The molecule has 74 heavy (non-hydrogen) atoms. The third kappa shape index (κ3) is 8.92. The second-order valence-corrected chi connectivity index (χ2v) is 23.9. The lowest BCUT2D eigenvalue weighted by atomic mass is 9.45. The van der Waals surface area contributed by atoms with Gasteiger partial charge in [0.25, 0.3) is 0 Å². The highest BCUT2D eigenvalue weighted by Crippen LogP contribution is 2.70. The van der Waals surface area contributed by atoms with Gasteiger partial charge in [-0.15, -0.1) is 0 Å². The Hall–Kier alpha value is -1.47. The van der Waals surface area contributed by atoms with Gasteiger partial charge in [0.05, 0.1) is 49.8 Å². The van der Waals surface area contributed by atoms with Crippen molar-refractivity contribution in [2.75, 3.05) is 13.2 Å². The van der Waals surface area contributed by atoms with Crippen LogP contribution in [0.25, 0.3) is 0 Å². The Kier molecular flexibility index (Phi) is 15.5. The maximum atomic E-state index is 14.9. The van der Waals surface area contributed by atoms with Crippen LogP contribution in [0.1, 0.15) is 87.0 Å². The summed E-state index contributed by atoms with van der Waals surface area (Å²) in [5.74, 6) is -2.32. The van der Waals surface area contributed by atoms with Crippen LogP contribution in [0.15, 0.2) is 11.6 Å². The molecule has 0 aromatic rings. The third-order valence-corrected chi connectivity index (χ3v) is 19.6. The maximum Gasteiger partial charge on any atom is 0.187 e. The molecule has 0 radical (unpaired) electrons. The zero-order valence-corrected chi connectivity index (χ0v) is 42.9. The summed E-state index contributed by atoms with van der Waals surface area (Å²) >= 11 is 0. The highest BCUT2D eigenvalue weighted by atomic mass is 16.8. The van der Waals surface area contributed by atoms with Crippen molar-refractivity contribution < 1.29 is 113 Å². The predicted octanol–water partition coefficient (Wildman–Crippen LogP) is -2.79. The molecule has 3 saturated carbocycles. The minimum atomic E-state index is -1.91. The van der Waals surface area contributed by atoms with Crippen LogP contribution < -0.4 is 0 Å². The number of hydrogen-bond acceptors (Lipinski definition) is 23. The van der Waals surface area contributed by atoms with Crippen LogP contribution in [0.4, 0.5) is 0 Å².